The molecule has 0 saturated heterocycles. The fourth-order valence-electron chi connectivity index (χ4n) is 2.58. The van der Waals surface area contributed by atoms with Gasteiger partial charge in [0.25, 0.3) is 0 Å². The van der Waals surface area contributed by atoms with Gasteiger partial charge in [-0.2, -0.15) is 13.2 Å². The first-order valence-electron chi connectivity index (χ1n) is 7.99. The van der Waals surface area contributed by atoms with Crippen LogP contribution in [0.5, 0.6) is 5.75 Å². The Morgan fingerprint density at radius 3 is 2.42 bits per heavy atom. The number of carbonyl (C=O) groups is 1. The predicted molar refractivity (Wildman–Crippen MR) is 89.3 cm³/mol. The number of hydrogen-bond donors (Lipinski definition) is 1. The van der Waals surface area contributed by atoms with Crippen LogP contribution in [-0.2, 0) is 22.5 Å². The van der Waals surface area contributed by atoms with Crippen molar-refractivity contribution >= 4 is 5.97 Å². The van der Waals surface area contributed by atoms with Crippen molar-refractivity contribution in [2.75, 3.05) is 20.3 Å². The number of carboxylic acids is 1. The molecule has 0 aliphatic rings. The van der Waals surface area contributed by atoms with E-state index in [1.165, 1.54) is 0 Å². The van der Waals surface area contributed by atoms with Crippen molar-refractivity contribution in [2.45, 2.75) is 25.6 Å². The third-order valence-corrected chi connectivity index (χ3v) is 3.78. The lowest BCUT2D eigenvalue weighted by Gasteiger charge is -2.15. The summed E-state index contributed by atoms with van der Waals surface area (Å²) in [5.74, 6) is -0.247. The molecule has 0 unspecified atom stereocenters. The monoisotopic (exact) mass is 371 g/mol. The molecule has 0 saturated carbocycles. The maximum Gasteiger partial charge on any atom is 0.411 e. The normalized spacial score (nSPS) is 11.5. The molecular weight excluding hydrogens is 351 g/mol. The number of aryl methyl sites for hydroxylation is 1. The minimum Gasteiger partial charge on any atom is -0.497 e. The van der Waals surface area contributed by atoms with Crippen molar-refractivity contribution in [1.29, 1.82) is 0 Å². The van der Waals surface area contributed by atoms with Gasteiger partial charge in [0.2, 0.25) is 0 Å². The third-order valence-electron chi connectivity index (χ3n) is 3.78. The molecule has 26 heavy (non-hydrogen) atoms. The molecule has 0 amide bonds. The number of nitrogens with zero attached hydrogens (tertiary/aromatic N) is 1. The maximum atomic E-state index is 12.2. The largest absolute Gasteiger partial charge is 0.497 e. The van der Waals surface area contributed by atoms with E-state index >= 15 is 0 Å². The Morgan fingerprint density at radius 1 is 1.15 bits per heavy atom. The van der Waals surface area contributed by atoms with Crippen LogP contribution in [0.2, 0.25) is 0 Å². The minimum absolute atomic E-state index is 0.0600. The van der Waals surface area contributed by atoms with Crippen molar-refractivity contribution in [3.8, 4) is 17.0 Å². The number of aliphatic carboxylic acids is 1. The van der Waals surface area contributed by atoms with Gasteiger partial charge in [0, 0.05) is 17.9 Å². The molecule has 1 aromatic carbocycles. The van der Waals surface area contributed by atoms with Crippen LogP contribution in [0.15, 0.2) is 36.4 Å². The SMILES string of the molecule is COc1ccc(-c2ccc(CCC(=O)O)n2CCOCC(F)(F)F)cc1. The molecule has 2 aromatic rings. The van der Waals surface area contributed by atoms with Gasteiger partial charge in [-0.05, 0) is 48.4 Å². The summed E-state index contributed by atoms with van der Waals surface area (Å²) in [5, 5.41) is 8.88. The first-order chi connectivity index (χ1) is 12.3. The maximum absolute atomic E-state index is 12.2. The Balaban J connectivity index is 2.18. The molecule has 142 valence electrons. The van der Waals surface area contributed by atoms with Crippen molar-refractivity contribution < 1.29 is 32.5 Å². The fraction of sp³-hybridized carbons (Fsp3) is 0.389. The number of benzene rings is 1. The van der Waals surface area contributed by atoms with Crippen LogP contribution in [0.1, 0.15) is 12.1 Å². The van der Waals surface area contributed by atoms with E-state index in [0.29, 0.717) is 5.75 Å². The number of carboxylic acid groups (broad SMARTS) is 1. The van der Waals surface area contributed by atoms with Gasteiger partial charge in [0.15, 0.2) is 0 Å². The first-order valence-corrected chi connectivity index (χ1v) is 7.99. The van der Waals surface area contributed by atoms with E-state index in [9.17, 15) is 18.0 Å². The lowest BCUT2D eigenvalue weighted by Crippen LogP contribution is -2.19. The molecule has 1 N–H and O–H groups in total. The highest BCUT2D eigenvalue weighted by Gasteiger charge is 2.27. The number of alkyl halides is 3. The van der Waals surface area contributed by atoms with E-state index in [1.807, 2.05) is 18.2 Å². The number of rotatable bonds is 9. The highest BCUT2D eigenvalue weighted by molar-refractivity contribution is 5.67. The Bertz CT molecular complexity index is 723. The number of ether oxygens (including phenoxy) is 2. The average Bonchev–Trinajstić information content (AvgIpc) is 2.99. The molecule has 8 heteroatoms. The summed E-state index contributed by atoms with van der Waals surface area (Å²) in [5.41, 5.74) is 2.36. The van der Waals surface area contributed by atoms with Crippen LogP contribution < -0.4 is 4.74 Å². The zero-order valence-electron chi connectivity index (χ0n) is 14.3. The van der Waals surface area contributed by atoms with E-state index in [-0.39, 0.29) is 26.0 Å². The van der Waals surface area contributed by atoms with E-state index in [0.717, 1.165) is 17.0 Å². The number of aromatic nitrogens is 1. The molecular formula is C18H20F3NO4. The van der Waals surface area contributed by atoms with E-state index < -0.39 is 18.8 Å². The molecule has 2 rings (SSSR count). The summed E-state index contributed by atoms with van der Waals surface area (Å²) in [6, 6.07) is 10.8. The second kappa shape index (κ2) is 8.75. The zero-order chi connectivity index (χ0) is 19.2. The molecule has 1 aromatic heterocycles. The van der Waals surface area contributed by atoms with Gasteiger partial charge in [0.05, 0.1) is 20.1 Å². The summed E-state index contributed by atoms with van der Waals surface area (Å²) in [6.45, 7) is -1.24. The van der Waals surface area contributed by atoms with Gasteiger partial charge in [0.1, 0.15) is 12.4 Å². The summed E-state index contributed by atoms with van der Waals surface area (Å²) in [4.78, 5) is 10.8. The Kier molecular flexibility index (Phi) is 6.68. The highest BCUT2D eigenvalue weighted by atomic mass is 19.4. The van der Waals surface area contributed by atoms with Crippen LogP contribution in [0, 0.1) is 0 Å². The van der Waals surface area contributed by atoms with Crippen LogP contribution in [0.3, 0.4) is 0 Å². The van der Waals surface area contributed by atoms with E-state index in [1.54, 1.807) is 29.9 Å². The van der Waals surface area contributed by atoms with Crippen LogP contribution in [0.4, 0.5) is 13.2 Å². The molecule has 1 heterocycles. The molecule has 0 radical (unpaired) electrons. The van der Waals surface area contributed by atoms with Crippen LogP contribution >= 0.6 is 0 Å². The molecule has 0 spiro atoms. The highest BCUT2D eigenvalue weighted by Crippen LogP contribution is 2.26. The Hall–Kier alpha value is -2.48. The molecule has 0 bridgehead atoms. The number of methoxy groups -OCH3 is 1. The third kappa shape index (κ3) is 5.80. The topological polar surface area (TPSA) is 60.7 Å². The quantitative estimate of drug-likeness (QED) is 0.682. The van der Waals surface area contributed by atoms with Crippen molar-refractivity contribution in [3.63, 3.8) is 0 Å². The van der Waals surface area contributed by atoms with Crippen molar-refractivity contribution in [3.05, 3.63) is 42.1 Å². The van der Waals surface area contributed by atoms with Gasteiger partial charge in [-0.15, -0.1) is 0 Å². The second-order valence-electron chi connectivity index (χ2n) is 5.65. The van der Waals surface area contributed by atoms with Gasteiger partial charge in [-0.25, -0.2) is 0 Å². The molecule has 0 aliphatic carbocycles. The smallest absolute Gasteiger partial charge is 0.411 e. The fourth-order valence-corrected chi connectivity index (χ4v) is 2.58. The standard InChI is InChI=1S/C18H20F3NO4/c1-25-15-6-2-13(3-7-15)16-8-4-14(5-9-17(23)24)22(16)10-11-26-12-18(19,20)21/h2-4,6-8H,5,9-12H2,1H3,(H,23,24). The lowest BCUT2D eigenvalue weighted by molar-refractivity contribution is -0.174. The number of hydrogen-bond acceptors (Lipinski definition) is 3. The molecule has 5 nitrogen and oxygen atoms in total. The van der Waals surface area contributed by atoms with Gasteiger partial charge >= 0.3 is 12.1 Å². The number of halogens is 3. The van der Waals surface area contributed by atoms with Crippen molar-refractivity contribution in [2.24, 2.45) is 0 Å². The molecule has 0 fully saturated rings. The van der Waals surface area contributed by atoms with Crippen LogP contribution in [-0.4, -0.2) is 42.1 Å². The van der Waals surface area contributed by atoms with Gasteiger partial charge in [-0.3, -0.25) is 4.79 Å². The summed E-state index contributed by atoms with van der Waals surface area (Å²) >= 11 is 0. The summed E-state index contributed by atoms with van der Waals surface area (Å²) in [7, 11) is 1.56. The van der Waals surface area contributed by atoms with Crippen LogP contribution in [0.25, 0.3) is 11.3 Å². The summed E-state index contributed by atoms with van der Waals surface area (Å²) < 4.78 is 48.3. The molecule has 0 aliphatic heterocycles. The minimum atomic E-state index is -4.37. The second-order valence-corrected chi connectivity index (χ2v) is 5.65. The van der Waals surface area contributed by atoms with Gasteiger partial charge < -0.3 is 19.1 Å². The predicted octanol–water partition coefficient (Wildman–Crippen LogP) is 3.76. The van der Waals surface area contributed by atoms with Crippen molar-refractivity contribution in [1.82, 2.24) is 4.57 Å². The first kappa shape index (κ1) is 19.8. The zero-order valence-corrected chi connectivity index (χ0v) is 14.3. The lowest BCUT2D eigenvalue weighted by atomic mass is 10.1. The Labute approximate surface area is 149 Å². The van der Waals surface area contributed by atoms with Gasteiger partial charge in [-0.1, -0.05) is 0 Å². The average molecular weight is 371 g/mol. The van der Waals surface area contributed by atoms with E-state index in [2.05, 4.69) is 0 Å². The van der Waals surface area contributed by atoms with E-state index in [4.69, 9.17) is 14.6 Å². The Morgan fingerprint density at radius 2 is 1.85 bits per heavy atom. The molecule has 0 atom stereocenters. The summed E-state index contributed by atoms with van der Waals surface area (Å²) in [6.07, 6.45) is -4.15.